The second-order valence-electron chi connectivity index (χ2n) is 5.87. The second-order valence-corrected chi connectivity index (χ2v) is 7.11. The van der Waals surface area contributed by atoms with Gasteiger partial charge in [-0.1, -0.05) is 13.8 Å². The summed E-state index contributed by atoms with van der Waals surface area (Å²) >= 11 is 9.02. The summed E-state index contributed by atoms with van der Waals surface area (Å²) in [6.45, 7) is 7.23. The molecule has 0 radical (unpaired) electrons. The molecule has 1 aromatic rings. The molecular weight excluding hydrogens is 352 g/mol. The maximum absolute atomic E-state index is 9.86. The summed E-state index contributed by atoms with van der Waals surface area (Å²) in [5, 5.41) is 14.0. The predicted octanol–water partition coefficient (Wildman–Crippen LogP) is 3.54. The Bertz CT molecular complexity index is 610. The Morgan fingerprint density at radius 1 is 1.52 bits per heavy atom. The monoisotopic (exact) mass is 370 g/mol. The molecule has 2 bridgehead atoms. The molecule has 0 saturated carbocycles. The highest BCUT2D eigenvalue weighted by molar-refractivity contribution is 9.10. The number of aromatic hydroxyl groups is 1. The average Bonchev–Trinajstić information content (AvgIpc) is 2.41. The molecule has 4 nitrogen and oxygen atoms in total. The number of nitrogens with one attached hydrogen (secondary N) is 1. The Morgan fingerprint density at radius 2 is 2.24 bits per heavy atom. The minimum absolute atomic E-state index is 0.0442. The smallest absolute Gasteiger partial charge is 0.186 e. The van der Waals surface area contributed by atoms with Crippen molar-refractivity contribution in [1.82, 2.24) is 10.2 Å². The molecule has 3 unspecified atom stereocenters. The maximum atomic E-state index is 9.86. The minimum Gasteiger partial charge on any atom is -0.508 e. The van der Waals surface area contributed by atoms with Crippen molar-refractivity contribution in [2.75, 3.05) is 6.54 Å². The molecule has 0 spiro atoms. The van der Waals surface area contributed by atoms with Crippen molar-refractivity contribution in [3.05, 3.63) is 22.2 Å². The van der Waals surface area contributed by atoms with Crippen LogP contribution in [0.1, 0.15) is 38.8 Å². The van der Waals surface area contributed by atoms with E-state index in [2.05, 4.69) is 46.9 Å². The molecule has 2 N–H and O–H groups in total. The number of benzene rings is 1. The maximum Gasteiger partial charge on any atom is 0.186 e. The highest BCUT2D eigenvalue weighted by Crippen LogP contribution is 2.51. The van der Waals surface area contributed by atoms with Crippen molar-refractivity contribution in [3.63, 3.8) is 0 Å². The lowest BCUT2D eigenvalue weighted by Gasteiger charge is -2.56. The molecule has 1 saturated heterocycles. The molecule has 1 fully saturated rings. The largest absolute Gasteiger partial charge is 0.508 e. The molecule has 2 heterocycles. The van der Waals surface area contributed by atoms with Crippen LogP contribution in [0.5, 0.6) is 11.5 Å². The zero-order valence-electron chi connectivity index (χ0n) is 12.3. The van der Waals surface area contributed by atoms with Crippen molar-refractivity contribution < 1.29 is 9.84 Å². The second kappa shape index (κ2) is 5.02. The number of fused-ring (bicyclic) bond motifs is 4. The van der Waals surface area contributed by atoms with E-state index in [1.807, 2.05) is 0 Å². The van der Waals surface area contributed by atoms with Crippen LogP contribution in [0.4, 0.5) is 0 Å². The number of halogens is 1. The summed E-state index contributed by atoms with van der Waals surface area (Å²) in [6.07, 6.45) is 1.00. The molecule has 2 aliphatic heterocycles. The Hall–Kier alpha value is -1.01. The third kappa shape index (κ3) is 2.11. The van der Waals surface area contributed by atoms with E-state index in [0.29, 0.717) is 5.11 Å². The number of rotatable bonds is 2. The molecule has 0 aliphatic carbocycles. The molecular formula is C15H19BrN2O2S. The SMILES string of the molecule is CCCN1C(=S)NC2c3cc(O)cc(Br)c3OC1(C)C2C. The number of thiocarbonyl (C=S) groups is 1. The van der Waals surface area contributed by atoms with E-state index in [-0.39, 0.29) is 17.7 Å². The number of phenolic OH excluding ortho intramolecular Hbond substituents is 1. The predicted molar refractivity (Wildman–Crippen MR) is 89.5 cm³/mol. The van der Waals surface area contributed by atoms with Crippen LogP contribution in [-0.4, -0.2) is 27.4 Å². The summed E-state index contributed by atoms with van der Waals surface area (Å²) in [4.78, 5) is 2.13. The van der Waals surface area contributed by atoms with Crippen LogP contribution in [0.15, 0.2) is 16.6 Å². The molecule has 0 aromatic heterocycles. The van der Waals surface area contributed by atoms with Crippen LogP contribution < -0.4 is 10.1 Å². The first-order valence-electron chi connectivity index (χ1n) is 7.18. The quantitative estimate of drug-likeness (QED) is 0.779. The topological polar surface area (TPSA) is 44.7 Å². The van der Waals surface area contributed by atoms with E-state index in [4.69, 9.17) is 17.0 Å². The average molecular weight is 371 g/mol. The molecule has 6 heteroatoms. The van der Waals surface area contributed by atoms with Gasteiger partial charge in [-0.15, -0.1) is 0 Å². The van der Waals surface area contributed by atoms with Gasteiger partial charge in [0.2, 0.25) is 0 Å². The lowest BCUT2D eigenvalue weighted by Crippen LogP contribution is -2.69. The summed E-state index contributed by atoms with van der Waals surface area (Å²) in [7, 11) is 0. The van der Waals surface area contributed by atoms with E-state index >= 15 is 0 Å². The van der Waals surface area contributed by atoms with Crippen LogP contribution in [0.3, 0.4) is 0 Å². The van der Waals surface area contributed by atoms with Crippen molar-refractivity contribution >= 4 is 33.3 Å². The Morgan fingerprint density at radius 3 is 2.90 bits per heavy atom. The highest BCUT2D eigenvalue weighted by Gasteiger charge is 2.53. The van der Waals surface area contributed by atoms with Gasteiger partial charge in [0, 0.05) is 18.0 Å². The van der Waals surface area contributed by atoms with Crippen LogP contribution in [-0.2, 0) is 0 Å². The fraction of sp³-hybridized carbons (Fsp3) is 0.533. The van der Waals surface area contributed by atoms with Gasteiger partial charge in [0.25, 0.3) is 0 Å². The number of phenols is 1. The van der Waals surface area contributed by atoms with Gasteiger partial charge in [-0.3, -0.25) is 0 Å². The van der Waals surface area contributed by atoms with Gasteiger partial charge in [-0.05, 0) is 53.6 Å². The Labute approximate surface area is 138 Å². The van der Waals surface area contributed by atoms with Gasteiger partial charge in [0.05, 0.1) is 10.5 Å². The number of nitrogens with zero attached hydrogens (tertiary/aromatic N) is 1. The third-order valence-corrected chi connectivity index (χ3v) is 5.48. The van der Waals surface area contributed by atoms with E-state index in [1.165, 1.54) is 0 Å². The minimum atomic E-state index is -0.477. The summed E-state index contributed by atoms with van der Waals surface area (Å²) in [6, 6.07) is 3.46. The summed E-state index contributed by atoms with van der Waals surface area (Å²) in [5.74, 6) is 1.22. The molecule has 21 heavy (non-hydrogen) atoms. The molecule has 3 rings (SSSR count). The van der Waals surface area contributed by atoms with Crippen molar-refractivity contribution in [1.29, 1.82) is 0 Å². The van der Waals surface area contributed by atoms with Crippen LogP contribution >= 0.6 is 28.1 Å². The Balaban J connectivity index is 2.14. The Kier molecular flexibility index (Phi) is 3.56. The lowest BCUT2D eigenvalue weighted by atomic mass is 9.81. The zero-order chi connectivity index (χ0) is 15.4. The zero-order valence-corrected chi connectivity index (χ0v) is 14.7. The van der Waals surface area contributed by atoms with Gasteiger partial charge in [-0.25, -0.2) is 0 Å². The van der Waals surface area contributed by atoms with Crippen LogP contribution in [0.25, 0.3) is 0 Å². The molecule has 114 valence electrons. The first-order chi connectivity index (χ1) is 9.88. The molecule has 1 aromatic carbocycles. The normalized spacial score (nSPS) is 30.5. The first kappa shape index (κ1) is 14.9. The van der Waals surface area contributed by atoms with Crippen molar-refractivity contribution in [3.8, 4) is 11.5 Å². The number of hydrogen-bond donors (Lipinski definition) is 2. The summed E-state index contributed by atoms with van der Waals surface area (Å²) in [5.41, 5.74) is 0.473. The molecule has 0 amide bonds. The molecule has 3 atom stereocenters. The van der Waals surface area contributed by atoms with E-state index < -0.39 is 5.72 Å². The molecule has 2 aliphatic rings. The van der Waals surface area contributed by atoms with Crippen LogP contribution in [0.2, 0.25) is 0 Å². The van der Waals surface area contributed by atoms with E-state index in [1.54, 1.807) is 12.1 Å². The van der Waals surface area contributed by atoms with Gasteiger partial charge in [0.1, 0.15) is 11.5 Å². The summed E-state index contributed by atoms with van der Waals surface area (Å²) < 4.78 is 7.13. The van der Waals surface area contributed by atoms with Gasteiger partial charge in [-0.2, -0.15) is 0 Å². The van der Waals surface area contributed by atoms with E-state index in [9.17, 15) is 5.11 Å². The number of hydrogen-bond acceptors (Lipinski definition) is 3. The van der Waals surface area contributed by atoms with Crippen molar-refractivity contribution in [2.24, 2.45) is 5.92 Å². The van der Waals surface area contributed by atoms with Crippen molar-refractivity contribution in [2.45, 2.75) is 39.0 Å². The van der Waals surface area contributed by atoms with Gasteiger partial charge < -0.3 is 20.1 Å². The third-order valence-electron chi connectivity index (χ3n) is 4.55. The fourth-order valence-electron chi connectivity index (χ4n) is 3.28. The highest BCUT2D eigenvalue weighted by atomic mass is 79.9. The van der Waals surface area contributed by atoms with Crippen LogP contribution in [0, 0.1) is 5.92 Å². The van der Waals surface area contributed by atoms with Gasteiger partial charge in [0.15, 0.2) is 10.8 Å². The standard InChI is InChI=1S/C15H19BrN2O2S/c1-4-5-18-14(21)17-12-8(2)15(18,3)20-13-10(12)6-9(19)7-11(13)16/h6-8,12,19H,4-5H2,1-3H3,(H,17,21). The lowest BCUT2D eigenvalue weighted by molar-refractivity contribution is -0.110. The first-order valence-corrected chi connectivity index (χ1v) is 8.38. The fourth-order valence-corrected chi connectivity index (χ4v) is 4.22. The van der Waals surface area contributed by atoms with Gasteiger partial charge >= 0.3 is 0 Å². The van der Waals surface area contributed by atoms with E-state index in [0.717, 1.165) is 28.8 Å². The number of ether oxygens (including phenoxy) is 1.